The second kappa shape index (κ2) is 6.73. The van der Waals surface area contributed by atoms with Crippen molar-refractivity contribution in [1.82, 2.24) is 10.2 Å². The molecule has 110 valence electrons. The van der Waals surface area contributed by atoms with Crippen LogP contribution in [0.1, 0.15) is 56.2 Å². The molecule has 1 aliphatic heterocycles. The Balaban J connectivity index is 1.56. The molecule has 0 radical (unpaired) electrons. The van der Waals surface area contributed by atoms with E-state index in [-0.39, 0.29) is 0 Å². The molecule has 1 N–H and O–H groups in total. The smallest absolute Gasteiger partial charge is 0.0328 e. The maximum absolute atomic E-state index is 3.95. The van der Waals surface area contributed by atoms with Crippen LogP contribution in [0.5, 0.6) is 0 Å². The molecule has 0 spiro atoms. The van der Waals surface area contributed by atoms with Crippen molar-refractivity contribution in [3.8, 4) is 0 Å². The molecule has 0 saturated carbocycles. The van der Waals surface area contributed by atoms with Gasteiger partial charge in [-0.15, -0.1) is 0 Å². The van der Waals surface area contributed by atoms with E-state index in [0.717, 1.165) is 0 Å². The molecule has 1 aliphatic carbocycles. The van der Waals surface area contributed by atoms with E-state index in [9.17, 15) is 0 Å². The maximum atomic E-state index is 3.95. The van der Waals surface area contributed by atoms with E-state index >= 15 is 0 Å². The highest BCUT2D eigenvalue weighted by atomic mass is 15.1. The number of fused-ring (bicyclic) bond motifs is 1. The molecule has 2 nitrogen and oxygen atoms in total. The second-order valence-electron chi connectivity index (χ2n) is 6.43. The Morgan fingerprint density at radius 3 is 2.95 bits per heavy atom. The standard InChI is InChI=1S/C18H28N2/c1-2-12-20-13-5-7-16(11-14-20)19-18-10-9-15-6-3-4-8-17(15)18/h3-4,6,8,16,18-19H,2,5,7,9-14H2,1H3. The van der Waals surface area contributed by atoms with E-state index in [1.54, 1.807) is 11.1 Å². The van der Waals surface area contributed by atoms with Crippen LogP contribution in [0.3, 0.4) is 0 Å². The summed E-state index contributed by atoms with van der Waals surface area (Å²) >= 11 is 0. The monoisotopic (exact) mass is 272 g/mol. The van der Waals surface area contributed by atoms with Gasteiger partial charge in [-0.2, -0.15) is 0 Å². The largest absolute Gasteiger partial charge is 0.307 e. The van der Waals surface area contributed by atoms with E-state index in [1.807, 2.05) is 0 Å². The number of nitrogens with zero attached hydrogens (tertiary/aromatic N) is 1. The van der Waals surface area contributed by atoms with Gasteiger partial charge >= 0.3 is 0 Å². The van der Waals surface area contributed by atoms with Gasteiger partial charge in [0.1, 0.15) is 0 Å². The first-order valence-corrected chi connectivity index (χ1v) is 8.43. The van der Waals surface area contributed by atoms with Gasteiger partial charge in [-0.05, 0) is 69.3 Å². The number of aryl methyl sites for hydroxylation is 1. The van der Waals surface area contributed by atoms with E-state index in [1.165, 1.54) is 58.2 Å². The van der Waals surface area contributed by atoms with Crippen LogP contribution < -0.4 is 5.32 Å². The molecule has 2 aliphatic rings. The van der Waals surface area contributed by atoms with Crippen LogP contribution in [-0.2, 0) is 6.42 Å². The Bertz CT molecular complexity index is 429. The lowest BCUT2D eigenvalue weighted by Crippen LogP contribution is -2.33. The summed E-state index contributed by atoms with van der Waals surface area (Å²) in [5.41, 5.74) is 3.12. The fourth-order valence-corrected chi connectivity index (χ4v) is 3.88. The van der Waals surface area contributed by atoms with Crippen LogP contribution in [0, 0.1) is 0 Å². The summed E-state index contributed by atoms with van der Waals surface area (Å²) in [5, 5.41) is 3.95. The van der Waals surface area contributed by atoms with Gasteiger partial charge in [0, 0.05) is 12.1 Å². The van der Waals surface area contributed by atoms with Gasteiger partial charge in [-0.1, -0.05) is 31.2 Å². The second-order valence-corrected chi connectivity index (χ2v) is 6.43. The molecule has 3 rings (SSSR count). The fraction of sp³-hybridized carbons (Fsp3) is 0.667. The van der Waals surface area contributed by atoms with Crippen molar-refractivity contribution in [1.29, 1.82) is 0 Å². The van der Waals surface area contributed by atoms with Crippen molar-refractivity contribution in [3.63, 3.8) is 0 Å². The van der Waals surface area contributed by atoms with Crippen molar-refractivity contribution in [2.24, 2.45) is 0 Å². The first kappa shape index (κ1) is 14.1. The predicted molar refractivity (Wildman–Crippen MR) is 85.0 cm³/mol. The summed E-state index contributed by atoms with van der Waals surface area (Å²) in [5.74, 6) is 0. The fourth-order valence-electron chi connectivity index (χ4n) is 3.88. The third-order valence-corrected chi connectivity index (χ3v) is 4.93. The Labute approximate surface area is 123 Å². The molecular formula is C18H28N2. The summed E-state index contributed by atoms with van der Waals surface area (Å²) < 4.78 is 0. The number of likely N-dealkylation sites (tertiary alicyclic amines) is 1. The van der Waals surface area contributed by atoms with Gasteiger partial charge in [0.2, 0.25) is 0 Å². The summed E-state index contributed by atoms with van der Waals surface area (Å²) in [4.78, 5) is 2.64. The Hall–Kier alpha value is -0.860. The van der Waals surface area contributed by atoms with Gasteiger partial charge in [-0.25, -0.2) is 0 Å². The van der Waals surface area contributed by atoms with Crippen LogP contribution in [0.15, 0.2) is 24.3 Å². The lowest BCUT2D eigenvalue weighted by atomic mass is 10.0. The van der Waals surface area contributed by atoms with Crippen molar-refractivity contribution < 1.29 is 0 Å². The van der Waals surface area contributed by atoms with Crippen molar-refractivity contribution in [3.05, 3.63) is 35.4 Å². The molecule has 0 amide bonds. The minimum Gasteiger partial charge on any atom is -0.307 e. The molecule has 1 fully saturated rings. The van der Waals surface area contributed by atoms with E-state index in [2.05, 4.69) is 41.4 Å². The summed E-state index contributed by atoms with van der Waals surface area (Å²) in [6.07, 6.45) is 7.84. The molecule has 0 bridgehead atoms. The quantitative estimate of drug-likeness (QED) is 0.902. The topological polar surface area (TPSA) is 15.3 Å². The summed E-state index contributed by atoms with van der Waals surface area (Å²) in [6.45, 7) is 6.14. The van der Waals surface area contributed by atoms with Crippen molar-refractivity contribution >= 4 is 0 Å². The molecule has 1 heterocycles. The highest BCUT2D eigenvalue weighted by Crippen LogP contribution is 2.31. The first-order valence-electron chi connectivity index (χ1n) is 8.43. The van der Waals surface area contributed by atoms with Gasteiger partial charge < -0.3 is 10.2 Å². The molecule has 20 heavy (non-hydrogen) atoms. The highest BCUT2D eigenvalue weighted by molar-refractivity contribution is 5.34. The maximum Gasteiger partial charge on any atom is 0.0328 e. The predicted octanol–water partition coefficient (Wildman–Crippen LogP) is 3.53. The van der Waals surface area contributed by atoms with Crippen LogP contribution in [0.25, 0.3) is 0 Å². The number of nitrogens with one attached hydrogen (secondary N) is 1. The average Bonchev–Trinajstić information content (AvgIpc) is 2.74. The van der Waals surface area contributed by atoms with E-state index < -0.39 is 0 Å². The molecular weight excluding hydrogens is 244 g/mol. The lowest BCUT2D eigenvalue weighted by molar-refractivity contribution is 0.281. The van der Waals surface area contributed by atoms with Gasteiger partial charge in [0.05, 0.1) is 0 Å². The SMILES string of the molecule is CCCN1CCCC(NC2CCc3ccccc32)CC1. The minimum atomic E-state index is 0.605. The number of hydrogen-bond acceptors (Lipinski definition) is 2. The number of benzene rings is 1. The third-order valence-electron chi connectivity index (χ3n) is 4.93. The molecule has 1 saturated heterocycles. The first-order chi connectivity index (χ1) is 9.86. The molecule has 2 atom stereocenters. The van der Waals surface area contributed by atoms with Gasteiger partial charge in [0.25, 0.3) is 0 Å². The number of hydrogen-bond donors (Lipinski definition) is 1. The van der Waals surface area contributed by atoms with Crippen molar-refractivity contribution in [2.75, 3.05) is 19.6 Å². The Morgan fingerprint density at radius 1 is 1.15 bits per heavy atom. The molecule has 0 aromatic heterocycles. The van der Waals surface area contributed by atoms with Crippen LogP contribution in [-0.4, -0.2) is 30.6 Å². The zero-order chi connectivity index (χ0) is 13.8. The Morgan fingerprint density at radius 2 is 2.05 bits per heavy atom. The zero-order valence-corrected chi connectivity index (χ0v) is 12.8. The number of rotatable bonds is 4. The zero-order valence-electron chi connectivity index (χ0n) is 12.8. The normalized spacial score (nSPS) is 27.2. The Kier molecular flexibility index (Phi) is 4.74. The van der Waals surface area contributed by atoms with Crippen LogP contribution in [0.4, 0.5) is 0 Å². The van der Waals surface area contributed by atoms with Gasteiger partial charge in [0.15, 0.2) is 0 Å². The highest BCUT2D eigenvalue weighted by Gasteiger charge is 2.25. The summed E-state index contributed by atoms with van der Waals surface area (Å²) in [6, 6.07) is 10.3. The third kappa shape index (κ3) is 3.24. The van der Waals surface area contributed by atoms with Crippen molar-refractivity contribution in [2.45, 2.75) is 57.5 Å². The molecule has 1 aromatic rings. The van der Waals surface area contributed by atoms with E-state index in [4.69, 9.17) is 0 Å². The summed E-state index contributed by atoms with van der Waals surface area (Å²) in [7, 11) is 0. The van der Waals surface area contributed by atoms with E-state index in [0.29, 0.717) is 12.1 Å². The van der Waals surface area contributed by atoms with Crippen LogP contribution >= 0.6 is 0 Å². The van der Waals surface area contributed by atoms with Gasteiger partial charge in [-0.3, -0.25) is 0 Å². The minimum absolute atomic E-state index is 0.605. The molecule has 1 aromatic carbocycles. The molecule has 2 unspecified atom stereocenters. The average molecular weight is 272 g/mol. The van der Waals surface area contributed by atoms with Crippen LogP contribution in [0.2, 0.25) is 0 Å². The molecule has 2 heteroatoms. The lowest BCUT2D eigenvalue weighted by Gasteiger charge is -2.23.